The van der Waals surface area contributed by atoms with Crippen molar-refractivity contribution in [2.75, 3.05) is 11.4 Å². The third-order valence-electron chi connectivity index (χ3n) is 3.52. The summed E-state index contributed by atoms with van der Waals surface area (Å²) in [7, 11) is 0. The Hall–Kier alpha value is -1.51. The number of hydrogen-bond acceptors (Lipinski definition) is 2. The maximum absolute atomic E-state index is 6.41. The number of anilines is 2. The maximum Gasteiger partial charge on any atom is 0.0459 e. The molecule has 2 N–H and O–H groups in total. The van der Waals surface area contributed by atoms with Crippen LogP contribution in [-0.4, -0.2) is 12.6 Å². The molecule has 0 spiro atoms. The molecule has 3 heteroatoms. The first-order chi connectivity index (χ1) is 10.0. The Morgan fingerprint density at radius 3 is 2.43 bits per heavy atom. The zero-order chi connectivity index (χ0) is 15.4. The number of aryl methyl sites for hydroxylation is 1. The summed E-state index contributed by atoms with van der Waals surface area (Å²) in [6, 6.07) is 14.9. The van der Waals surface area contributed by atoms with E-state index in [2.05, 4.69) is 55.1 Å². The van der Waals surface area contributed by atoms with Crippen LogP contribution in [0, 0.1) is 6.92 Å². The van der Waals surface area contributed by atoms with E-state index in [9.17, 15) is 0 Å². The van der Waals surface area contributed by atoms with Crippen LogP contribution in [0.3, 0.4) is 0 Å². The summed E-state index contributed by atoms with van der Waals surface area (Å²) >= 11 is 6.41. The van der Waals surface area contributed by atoms with E-state index in [-0.39, 0.29) is 6.04 Å². The molecule has 2 nitrogen and oxygen atoms in total. The fourth-order valence-electron chi connectivity index (χ4n) is 2.53. The predicted octanol–water partition coefficient (Wildman–Crippen LogP) is 4.70. The van der Waals surface area contributed by atoms with Gasteiger partial charge in [0.25, 0.3) is 0 Å². The summed E-state index contributed by atoms with van der Waals surface area (Å²) in [5.74, 6) is 0. The highest BCUT2D eigenvalue weighted by molar-refractivity contribution is 6.31. The Kier molecular flexibility index (Phi) is 5.27. The first-order valence-electron chi connectivity index (χ1n) is 7.39. The van der Waals surface area contributed by atoms with Crippen LogP contribution >= 0.6 is 11.6 Å². The molecule has 0 aromatic heterocycles. The molecule has 0 radical (unpaired) electrons. The molecule has 1 atom stereocenters. The molecule has 0 fully saturated rings. The number of rotatable bonds is 5. The van der Waals surface area contributed by atoms with E-state index in [0.29, 0.717) is 0 Å². The fourth-order valence-corrected chi connectivity index (χ4v) is 2.78. The summed E-state index contributed by atoms with van der Waals surface area (Å²) in [5, 5.41) is 0.788. The minimum absolute atomic E-state index is 0.118. The molecule has 0 aliphatic rings. The third kappa shape index (κ3) is 3.99. The van der Waals surface area contributed by atoms with Crippen molar-refractivity contribution in [3.05, 3.63) is 58.6 Å². The molecular weight excluding hydrogens is 280 g/mol. The quantitative estimate of drug-likeness (QED) is 0.867. The van der Waals surface area contributed by atoms with Crippen molar-refractivity contribution in [2.24, 2.45) is 5.73 Å². The van der Waals surface area contributed by atoms with Crippen LogP contribution in [-0.2, 0) is 6.42 Å². The lowest BCUT2D eigenvalue weighted by Crippen LogP contribution is -2.19. The van der Waals surface area contributed by atoms with E-state index in [0.717, 1.165) is 29.2 Å². The molecule has 0 aliphatic carbocycles. The molecular formula is C18H23ClN2. The normalized spacial score (nSPS) is 12.2. The predicted molar refractivity (Wildman–Crippen MR) is 92.7 cm³/mol. The van der Waals surface area contributed by atoms with E-state index in [1.54, 1.807) is 0 Å². The van der Waals surface area contributed by atoms with Gasteiger partial charge in [-0.25, -0.2) is 0 Å². The SMILES string of the molecule is CCN(c1cccc(C)c1)c1ccc(CC(C)N)c(Cl)c1. The van der Waals surface area contributed by atoms with Gasteiger partial charge < -0.3 is 10.6 Å². The number of nitrogens with two attached hydrogens (primary N) is 1. The lowest BCUT2D eigenvalue weighted by molar-refractivity contribution is 0.738. The van der Waals surface area contributed by atoms with Gasteiger partial charge in [-0.05, 0) is 62.6 Å². The number of benzene rings is 2. The van der Waals surface area contributed by atoms with Gasteiger partial charge in [-0.2, -0.15) is 0 Å². The lowest BCUT2D eigenvalue weighted by atomic mass is 10.1. The van der Waals surface area contributed by atoms with Crippen LogP contribution < -0.4 is 10.6 Å². The number of hydrogen-bond donors (Lipinski definition) is 1. The van der Waals surface area contributed by atoms with Gasteiger partial charge in [0.2, 0.25) is 0 Å². The van der Waals surface area contributed by atoms with Gasteiger partial charge in [-0.3, -0.25) is 0 Å². The minimum Gasteiger partial charge on any atom is -0.342 e. The van der Waals surface area contributed by atoms with Crippen LogP contribution in [0.15, 0.2) is 42.5 Å². The molecule has 2 aromatic carbocycles. The second-order valence-corrected chi connectivity index (χ2v) is 5.95. The Labute approximate surface area is 132 Å². The zero-order valence-electron chi connectivity index (χ0n) is 12.9. The van der Waals surface area contributed by atoms with E-state index < -0.39 is 0 Å². The molecule has 0 aliphatic heterocycles. The lowest BCUT2D eigenvalue weighted by Gasteiger charge is -2.24. The molecule has 0 amide bonds. The highest BCUT2D eigenvalue weighted by Crippen LogP contribution is 2.30. The Morgan fingerprint density at radius 2 is 1.86 bits per heavy atom. The molecule has 2 rings (SSSR count). The second-order valence-electron chi connectivity index (χ2n) is 5.54. The van der Waals surface area contributed by atoms with Crippen LogP contribution in [0.1, 0.15) is 25.0 Å². The topological polar surface area (TPSA) is 29.3 Å². The van der Waals surface area contributed by atoms with Crippen LogP contribution in [0.2, 0.25) is 5.02 Å². The summed E-state index contributed by atoms with van der Waals surface area (Å²) in [4.78, 5) is 2.26. The first kappa shape index (κ1) is 15.9. The summed E-state index contributed by atoms with van der Waals surface area (Å²) < 4.78 is 0. The smallest absolute Gasteiger partial charge is 0.0459 e. The molecule has 112 valence electrons. The highest BCUT2D eigenvalue weighted by atomic mass is 35.5. The van der Waals surface area contributed by atoms with Crippen molar-refractivity contribution in [3.63, 3.8) is 0 Å². The average molecular weight is 303 g/mol. The molecule has 0 saturated carbocycles. The number of nitrogens with zero attached hydrogens (tertiary/aromatic N) is 1. The Balaban J connectivity index is 2.33. The summed E-state index contributed by atoms with van der Waals surface area (Å²) in [5.41, 5.74) is 10.5. The van der Waals surface area contributed by atoms with Crippen molar-refractivity contribution in [2.45, 2.75) is 33.2 Å². The minimum atomic E-state index is 0.118. The second kappa shape index (κ2) is 6.97. The van der Waals surface area contributed by atoms with Crippen LogP contribution in [0.25, 0.3) is 0 Å². The van der Waals surface area contributed by atoms with Gasteiger partial charge in [-0.15, -0.1) is 0 Å². The van der Waals surface area contributed by atoms with Gasteiger partial charge in [0, 0.05) is 29.0 Å². The Bertz CT molecular complexity index is 608. The van der Waals surface area contributed by atoms with Gasteiger partial charge >= 0.3 is 0 Å². The van der Waals surface area contributed by atoms with E-state index in [1.165, 1.54) is 11.3 Å². The van der Waals surface area contributed by atoms with Gasteiger partial charge in [0.1, 0.15) is 0 Å². The van der Waals surface area contributed by atoms with E-state index >= 15 is 0 Å². The van der Waals surface area contributed by atoms with Crippen molar-refractivity contribution >= 4 is 23.0 Å². The monoisotopic (exact) mass is 302 g/mol. The molecule has 2 aromatic rings. The highest BCUT2D eigenvalue weighted by Gasteiger charge is 2.10. The van der Waals surface area contributed by atoms with Crippen molar-refractivity contribution in [1.29, 1.82) is 0 Å². The van der Waals surface area contributed by atoms with Crippen LogP contribution in [0.4, 0.5) is 11.4 Å². The maximum atomic E-state index is 6.41. The molecule has 0 saturated heterocycles. The average Bonchev–Trinajstić information content (AvgIpc) is 2.42. The van der Waals surface area contributed by atoms with E-state index in [1.807, 2.05) is 13.0 Å². The molecule has 0 bridgehead atoms. The summed E-state index contributed by atoms with van der Waals surface area (Å²) in [6.07, 6.45) is 0.801. The van der Waals surface area contributed by atoms with Gasteiger partial charge in [0.15, 0.2) is 0 Å². The molecule has 1 unspecified atom stereocenters. The van der Waals surface area contributed by atoms with Crippen molar-refractivity contribution in [1.82, 2.24) is 0 Å². The number of halogens is 1. The fraction of sp³-hybridized carbons (Fsp3) is 0.333. The standard InChI is InChI=1S/C18H23ClN2/c1-4-21(16-7-5-6-13(2)10-16)17-9-8-15(11-14(3)20)18(19)12-17/h5-10,12,14H,4,11,20H2,1-3H3. The molecule has 0 heterocycles. The van der Waals surface area contributed by atoms with E-state index in [4.69, 9.17) is 17.3 Å². The summed E-state index contributed by atoms with van der Waals surface area (Å²) in [6.45, 7) is 7.14. The van der Waals surface area contributed by atoms with Crippen molar-refractivity contribution < 1.29 is 0 Å². The zero-order valence-corrected chi connectivity index (χ0v) is 13.7. The molecule has 21 heavy (non-hydrogen) atoms. The van der Waals surface area contributed by atoms with Gasteiger partial charge in [-0.1, -0.05) is 29.8 Å². The van der Waals surface area contributed by atoms with Gasteiger partial charge in [0.05, 0.1) is 0 Å². The third-order valence-corrected chi connectivity index (χ3v) is 3.87. The van der Waals surface area contributed by atoms with Crippen LogP contribution in [0.5, 0.6) is 0 Å². The first-order valence-corrected chi connectivity index (χ1v) is 7.77. The largest absolute Gasteiger partial charge is 0.342 e. The Morgan fingerprint density at radius 1 is 1.14 bits per heavy atom. The van der Waals surface area contributed by atoms with Crippen molar-refractivity contribution in [3.8, 4) is 0 Å².